The lowest BCUT2D eigenvalue weighted by Crippen LogP contribution is -2.58. The number of ether oxygens (including phenoxy) is 2. The number of carbonyl (C=O) groups is 2. The van der Waals surface area contributed by atoms with Crippen molar-refractivity contribution in [3.63, 3.8) is 0 Å². The fourth-order valence-corrected chi connectivity index (χ4v) is 3.54. The SMILES string of the molecule is Cc1ccc(CO[C@@]2(C(=O)O)C[C@H](O)[C@@H](O)[C@H](OC(=O)C=Cc3ccc(O)cc3)C2)cc1. The molecule has 0 heterocycles. The predicted molar refractivity (Wildman–Crippen MR) is 115 cm³/mol. The third-order valence-electron chi connectivity index (χ3n) is 5.44. The van der Waals surface area contributed by atoms with Gasteiger partial charge in [0.05, 0.1) is 12.7 Å². The summed E-state index contributed by atoms with van der Waals surface area (Å²) in [6, 6.07) is 13.5. The molecule has 3 rings (SSSR count). The van der Waals surface area contributed by atoms with E-state index in [9.17, 15) is 30.0 Å². The summed E-state index contributed by atoms with van der Waals surface area (Å²) in [6.07, 6.45) is -2.25. The van der Waals surface area contributed by atoms with Crippen LogP contribution >= 0.6 is 0 Å². The molecule has 1 aliphatic rings. The van der Waals surface area contributed by atoms with Crippen molar-refractivity contribution in [2.24, 2.45) is 0 Å². The second kappa shape index (κ2) is 9.95. The molecule has 4 atom stereocenters. The highest BCUT2D eigenvalue weighted by molar-refractivity contribution is 5.87. The molecule has 0 bridgehead atoms. The first-order valence-electron chi connectivity index (χ1n) is 10.2. The van der Waals surface area contributed by atoms with Gasteiger partial charge in [-0.05, 0) is 36.3 Å². The normalized spacial score (nSPS) is 25.5. The first-order valence-corrected chi connectivity index (χ1v) is 10.2. The Morgan fingerprint density at radius 3 is 2.34 bits per heavy atom. The number of esters is 1. The number of phenolic OH excluding ortho intramolecular Hbond substituents is 1. The predicted octanol–water partition coefficient (Wildman–Crippen LogP) is 2.18. The van der Waals surface area contributed by atoms with E-state index in [4.69, 9.17) is 9.47 Å². The number of phenols is 1. The number of aliphatic carboxylic acids is 1. The van der Waals surface area contributed by atoms with Crippen molar-refractivity contribution in [1.29, 1.82) is 0 Å². The Balaban J connectivity index is 1.70. The van der Waals surface area contributed by atoms with Gasteiger partial charge in [-0.25, -0.2) is 9.59 Å². The second-order valence-electron chi connectivity index (χ2n) is 7.94. The zero-order valence-electron chi connectivity index (χ0n) is 17.5. The van der Waals surface area contributed by atoms with E-state index in [-0.39, 0.29) is 25.2 Å². The average molecular weight is 442 g/mol. The molecule has 1 saturated carbocycles. The highest BCUT2D eigenvalue weighted by atomic mass is 16.6. The number of carbonyl (C=O) groups excluding carboxylic acids is 1. The Labute approximate surface area is 185 Å². The summed E-state index contributed by atoms with van der Waals surface area (Å²) in [5, 5.41) is 39.7. The summed E-state index contributed by atoms with van der Waals surface area (Å²) in [4.78, 5) is 24.3. The van der Waals surface area contributed by atoms with Crippen LogP contribution in [0.4, 0.5) is 0 Å². The van der Waals surface area contributed by atoms with Crippen LogP contribution in [0.25, 0.3) is 6.08 Å². The topological polar surface area (TPSA) is 134 Å². The Hall–Kier alpha value is -3.20. The first kappa shape index (κ1) is 23.5. The van der Waals surface area contributed by atoms with Gasteiger partial charge >= 0.3 is 11.9 Å². The maximum atomic E-state index is 12.3. The van der Waals surface area contributed by atoms with Crippen LogP contribution in [0.15, 0.2) is 54.6 Å². The second-order valence-corrected chi connectivity index (χ2v) is 7.94. The van der Waals surface area contributed by atoms with E-state index in [1.165, 1.54) is 18.2 Å². The van der Waals surface area contributed by atoms with Gasteiger partial charge in [0.1, 0.15) is 18.0 Å². The van der Waals surface area contributed by atoms with Gasteiger partial charge in [-0.3, -0.25) is 0 Å². The highest BCUT2D eigenvalue weighted by Gasteiger charge is 2.52. The van der Waals surface area contributed by atoms with Crippen LogP contribution in [0.5, 0.6) is 5.75 Å². The minimum atomic E-state index is -1.82. The van der Waals surface area contributed by atoms with Crippen LogP contribution in [0.1, 0.15) is 29.5 Å². The number of hydrogen-bond acceptors (Lipinski definition) is 7. The van der Waals surface area contributed by atoms with Crippen LogP contribution in [-0.2, 0) is 25.7 Å². The summed E-state index contributed by atoms with van der Waals surface area (Å²) < 4.78 is 11.0. The molecule has 1 fully saturated rings. The maximum absolute atomic E-state index is 12.3. The molecule has 170 valence electrons. The minimum Gasteiger partial charge on any atom is -0.508 e. The number of hydrogen-bond donors (Lipinski definition) is 4. The van der Waals surface area contributed by atoms with Crippen LogP contribution in [-0.4, -0.2) is 56.3 Å². The standard InChI is InChI=1S/C24H26O8/c1-15-2-4-17(5-3-15)14-31-24(23(29)30)12-19(26)22(28)20(13-24)32-21(27)11-8-16-6-9-18(25)10-7-16/h2-11,19-20,22,25-26,28H,12-14H2,1H3,(H,29,30)/t19-,20+,22+,24-/m0/s1. The van der Waals surface area contributed by atoms with E-state index in [0.29, 0.717) is 5.56 Å². The molecule has 0 amide bonds. The van der Waals surface area contributed by atoms with Gasteiger partial charge < -0.3 is 29.9 Å². The summed E-state index contributed by atoms with van der Waals surface area (Å²) in [5.74, 6) is -2.04. The van der Waals surface area contributed by atoms with Crippen molar-refractivity contribution in [1.82, 2.24) is 0 Å². The van der Waals surface area contributed by atoms with Gasteiger partial charge in [-0.1, -0.05) is 42.0 Å². The lowest BCUT2D eigenvalue weighted by atomic mass is 9.79. The molecule has 0 saturated heterocycles. The van der Waals surface area contributed by atoms with Crippen molar-refractivity contribution in [2.75, 3.05) is 0 Å². The van der Waals surface area contributed by atoms with E-state index < -0.39 is 35.9 Å². The monoisotopic (exact) mass is 442 g/mol. The summed E-state index contributed by atoms with van der Waals surface area (Å²) in [6.45, 7) is 1.91. The smallest absolute Gasteiger partial charge is 0.336 e. The van der Waals surface area contributed by atoms with Crippen LogP contribution in [0.2, 0.25) is 0 Å². The first-order chi connectivity index (χ1) is 15.2. The number of aliphatic hydroxyl groups excluding tert-OH is 2. The van der Waals surface area contributed by atoms with E-state index in [2.05, 4.69) is 0 Å². The van der Waals surface area contributed by atoms with Gasteiger partial charge in [-0.15, -0.1) is 0 Å². The Morgan fingerprint density at radius 1 is 1.06 bits per heavy atom. The van der Waals surface area contributed by atoms with Crippen LogP contribution in [0, 0.1) is 6.92 Å². The summed E-state index contributed by atoms with van der Waals surface area (Å²) >= 11 is 0. The van der Waals surface area contributed by atoms with E-state index in [1.54, 1.807) is 12.1 Å². The van der Waals surface area contributed by atoms with Crippen LogP contribution < -0.4 is 0 Å². The number of carboxylic acid groups (broad SMARTS) is 1. The molecule has 0 radical (unpaired) electrons. The lowest BCUT2D eigenvalue weighted by Gasteiger charge is -2.41. The average Bonchev–Trinajstić information content (AvgIpc) is 2.76. The number of carboxylic acids is 1. The highest BCUT2D eigenvalue weighted by Crippen LogP contribution is 2.35. The van der Waals surface area contributed by atoms with Gasteiger partial charge in [0.2, 0.25) is 0 Å². The van der Waals surface area contributed by atoms with Crippen molar-refractivity contribution < 1.29 is 39.5 Å². The molecular formula is C24H26O8. The molecule has 32 heavy (non-hydrogen) atoms. The third kappa shape index (κ3) is 5.73. The Kier molecular flexibility index (Phi) is 7.29. The molecule has 0 unspecified atom stereocenters. The maximum Gasteiger partial charge on any atom is 0.336 e. The fourth-order valence-electron chi connectivity index (χ4n) is 3.54. The van der Waals surface area contributed by atoms with Gasteiger partial charge in [0.25, 0.3) is 0 Å². The van der Waals surface area contributed by atoms with Crippen molar-refractivity contribution in [3.8, 4) is 5.75 Å². The number of rotatable bonds is 7. The molecular weight excluding hydrogens is 416 g/mol. The molecule has 0 aromatic heterocycles. The molecule has 4 N–H and O–H groups in total. The number of aliphatic hydroxyl groups is 2. The van der Waals surface area contributed by atoms with E-state index in [0.717, 1.165) is 17.2 Å². The Morgan fingerprint density at radius 2 is 1.72 bits per heavy atom. The van der Waals surface area contributed by atoms with Gasteiger partial charge in [-0.2, -0.15) is 0 Å². The number of aromatic hydroxyl groups is 1. The van der Waals surface area contributed by atoms with Gasteiger partial charge in [0, 0.05) is 18.9 Å². The molecule has 8 heteroatoms. The number of benzene rings is 2. The van der Waals surface area contributed by atoms with E-state index in [1.807, 2.05) is 31.2 Å². The minimum absolute atomic E-state index is 0.0170. The number of aryl methyl sites for hydroxylation is 1. The summed E-state index contributed by atoms with van der Waals surface area (Å²) in [5.41, 5.74) is 0.604. The molecule has 2 aromatic carbocycles. The fraction of sp³-hybridized carbons (Fsp3) is 0.333. The van der Waals surface area contributed by atoms with Crippen molar-refractivity contribution in [3.05, 3.63) is 71.3 Å². The zero-order chi connectivity index (χ0) is 23.3. The lowest BCUT2D eigenvalue weighted by molar-refractivity contribution is -0.209. The van der Waals surface area contributed by atoms with Crippen molar-refractivity contribution >= 4 is 18.0 Å². The third-order valence-corrected chi connectivity index (χ3v) is 5.44. The quantitative estimate of drug-likeness (QED) is 0.379. The van der Waals surface area contributed by atoms with Crippen LogP contribution in [0.3, 0.4) is 0 Å². The summed E-state index contributed by atoms with van der Waals surface area (Å²) in [7, 11) is 0. The Bertz CT molecular complexity index is 966. The largest absolute Gasteiger partial charge is 0.508 e. The molecule has 0 aliphatic heterocycles. The van der Waals surface area contributed by atoms with Gasteiger partial charge in [0.15, 0.2) is 5.60 Å². The molecule has 2 aromatic rings. The molecule has 0 spiro atoms. The zero-order valence-corrected chi connectivity index (χ0v) is 17.5. The molecule has 1 aliphatic carbocycles. The van der Waals surface area contributed by atoms with Crippen molar-refractivity contribution in [2.45, 2.75) is 50.3 Å². The molecule has 8 nitrogen and oxygen atoms in total. The van der Waals surface area contributed by atoms with E-state index >= 15 is 0 Å².